The van der Waals surface area contributed by atoms with Gasteiger partial charge in [-0.1, -0.05) is 60.7 Å². The molecule has 2 aromatic carbocycles. The number of amides is 1. The first-order chi connectivity index (χ1) is 13.0. The van der Waals surface area contributed by atoms with Crippen molar-refractivity contribution >= 4 is 5.91 Å². The molecule has 0 unspecified atom stereocenters. The van der Waals surface area contributed by atoms with Crippen LogP contribution in [0, 0.1) is 0 Å². The summed E-state index contributed by atoms with van der Waals surface area (Å²) in [6, 6.07) is 19.0. The Morgan fingerprint density at radius 3 is 2.07 bits per heavy atom. The zero-order chi connectivity index (χ0) is 19.4. The molecule has 0 saturated carbocycles. The molecule has 0 aliphatic rings. The van der Waals surface area contributed by atoms with Gasteiger partial charge >= 0.3 is 0 Å². The maximum absolute atomic E-state index is 13.0. The molecule has 138 valence electrons. The van der Waals surface area contributed by atoms with Gasteiger partial charge in [-0.05, 0) is 26.3 Å². The maximum Gasteiger partial charge on any atom is 0.280 e. The second kappa shape index (κ2) is 7.99. The molecule has 1 aromatic heterocycles. The Morgan fingerprint density at radius 1 is 1.00 bits per heavy atom. The van der Waals surface area contributed by atoms with Crippen LogP contribution in [-0.2, 0) is 6.54 Å². The minimum absolute atomic E-state index is 0.0797. The summed E-state index contributed by atoms with van der Waals surface area (Å²) in [5.41, 5.74) is 2.59. The van der Waals surface area contributed by atoms with E-state index in [1.54, 1.807) is 0 Å². The van der Waals surface area contributed by atoms with E-state index in [1.807, 2.05) is 81.4 Å². The van der Waals surface area contributed by atoms with Crippen LogP contribution in [0.5, 0.6) is 0 Å². The Labute approximate surface area is 158 Å². The van der Waals surface area contributed by atoms with Crippen LogP contribution in [-0.4, -0.2) is 21.7 Å². The van der Waals surface area contributed by atoms with Crippen molar-refractivity contribution in [1.29, 1.82) is 0 Å². The lowest BCUT2D eigenvalue weighted by molar-refractivity contribution is 0.0941. The van der Waals surface area contributed by atoms with Gasteiger partial charge in [-0.25, -0.2) is 4.68 Å². The number of aryl methyl sites for hydroxylation is 1. The third kappa shape index (κ3) is 3.82. The van der Waals surface area contributed by atoms with Crippen LogP contribution in [0.2, 0.25) is 0 Å². The number of carbonyl (C=O) groups excluding carboxylic acids is 1. The quantitative estimate of drug-likeness (QED) is 0.753. The molecule has 0 fully saturated rings. The molecule has 0 saturated heterocycles. The summed E-state index contributed by atoms with van der Waals surface area (Å²) < 4.78 is 1.35. The van der Waals surface area contributed by atoms with Crippen LogP contribution < -0.4 is 10.9 Å². The van der Waals surface area contributed by atoms with E-state index in [4.69, 9.17) is 0 Å². The Morgan fingerprint density at radius 2 is 1.56 bits per heavy atom. The van der Waals surface area contributed by atoms with Gasteiger partial charge in [0.05, 0.1) is 5.69 Å². The fourth-order valence-electron chi connectivity index (χ4n) is 3.01. The van der Waals surface area contributed by atoms with Gasteiger partial charge in [-0.15, -0.1) is 0 Å². The van der Waals surface area contributed by atoms with Gasteiger partial charge in [0, 0.05) is 23.7 Å². The van der Waals surface area contributed by atoms with Crippen molar-refractivity contribution in [2.75, 3.05) is 0 Å². The molecule has 0 aliphatic carbocycles. The molecule has 1 N–H and O–H groups in total. The molecule has 27 heavy (non-hydrogen) atoms. The summed E-state index contributed by atoms with van der Waals surface area (Å²) in [6.45, 7) is 5.97. The average Bonchev–Trinajstić information content (AvgIpc) is 2.68. The molecule has 0 bridgehead atoms. The molecule has 0 radical (unpaired) electrons. The van der Waals surface area contributed by atoms with Crippen molar-refractivity contribution in [3.63, 3.8) is 0 Å². The molecule has 0 spiro atoms. The summed E-state index contributed by atoms with van der Waals surface area (Å²) in [5, 5.41) is 7.44. The van der Waals surface area contributed by atoms with E-state index in [-0.39, 0.29) is 23.1 Å². The molecule has 5 nitrogen and oxygen atoms in total. The monoisotopic (exact) mass is 361 g/mol. The minimum Gasteiger partial charge on any atom is -0.350 e. The predicted octanol–water partition coefficient (Wildman–Crippen LogP) is 3.74. The number of hydrogen-bond acceptors (Lipinski definition) is 3. The Kier molecular flexibility index (Phi) is 5.50. The van der Waals surface area contributed by atoms with Crippen LogP contribution in [0.1, 0.15) is 31.1 Å². The van der Waals surface area contributed by atoms with Gasteiger partial charge in [-0.2, -0.15) is 5.10 Å². The van der Waals surface area contributed by atoms with Crippen molar-refractivity contribution < 1.29 is 4.79 Å². The molecule has 3 rings (SSSR count). The lowest BCUT2D eigenvalue weighted by atomic mass is 9.95. The predicted molar refractivity (Wildman–Crippen MR) is 108 cm³/mol. The van der Waals surface area contributed by atoms with Gasteiger partial charge in [0.25, 0.3) is 11.5 Å². The van der Waals surface area contributed by atoms with E-state index in [1.165, 1.54) is 4.68 Å². The first-order valence-corrected chi connectivity index (χ1v) is 9.09. The van der Waals surface area contributed by atoms with Crippen LogP contribution in [0.4, 0.5) is 0 Å². The summed E-state index contributed by atoms with van der Waals surface area (Å²) in [6.07, 6.45) is 0. The number of carbonyl (C=O) groups is 1. The first-order valence-electron chi connectivity index (χ1n) is 9.09. The Bertz CT molecular complexity index is 993. The number of rotatable bonds is 5. The van der Waals surface area contributed by atoms with Crippen molar-refractivity contribution in [2.24, 2.45) is 0 Å². The van der Waals surface area contributed by atoms with E-state index in [2.05, 4.69) is 10.4 Å². The molecular formula is C22H23N3O2. The second-order valence-corrected chi connectivity index (χ2v) is 6.58. The number of benzene rings is 2. The fourth-order valence-corrected chi connectivity index (χ4v) is 3.01. The van der Waals surface area contributed by atoms with Crippen LogP contribution in [0.25, 0.3) is 22.4 Å². The highest BCUT2D eigenvalue weighted by molar-refractivity contribution is 6.03. The summed E-state index contributed by atoms with van der Waals surface area (Å²) in [4.78, 5) is 26.0. The smallest absolute Gasteiger partial charge is 0.280 e. The van der Waals surface area contributed by atoms with E-state index in [0.717, 1.165) is 11.1 Å². The highest BCUT2D eigenvalue weighted by Crippen LogP contribution is 2.31. The lowest BCUT2D eigenvalue weighted by Gasteiger charge is -2.17. The Hall–Kier alpha value is -3.21. The third-order valence-corrected chi connectivity index (χ3v) is 4.21. The SMILES string of the molecule is CCn1nc(-c2ccccc2)c(-c2ccccc2)c(C(=O)NC(C)C)c1=O. The zero-order valence-electron chi connectivity index (χ0n) is 15.8. The van der Waals surface area contributed by atoms with Crippen molar-refractivity contribution in [1.82, 2.24) is 15.1 Å². The van der Waals surface area contributed by atoms with Crippen LogP contribution in [0.3, 0.4) is 0 Å². The van der Waals surface area contributed by atoms with Crippen molar-refractivity contribution in [3.05, 3.63) is 76.6 Å². The average molecular weight is 361 g/mol. The molecule has 1 heterocycles. The molecule has 5 heteroatoms. The highest BCUT2D eigenvalue weighted by Gasteiger charge is 2.25. The third-order valence-electron chi connectivity index (χ3n) is 4.21. The molecule has 3 aromatic rings. The highest BCUT2D eigenvalue weighted by atomic mass is 16.2. The molecule has 0 atom stereocenters. The number of aromatic nitrogens is 2. The maximum atomic E-state index is 13.0. The fraction of sp³-hybridized carbons (Fsp3) is 0.227. The van der Waals surface area contributed by atoms with Gasteiger partial charge in [0.1, 0.15) is 5.56 Å². The standard InChI is InChI=1S/C22H23N3O2/c1-4-25-22(27)19(21(26)23-15(2)3)18(16-11-7-5-8-12-16)20(24-25)17-13-9-6-10-14-17/h5-15H,4H2,1-3H3,(H,23,26). The van der Waals surface area contributed by atoms with Crippen molar-refractivity contribution in [3.8, 4) is 22.4 Å². The number of hydrogen-bond donors (Lipinski definition) is 1. The molecular weight excluding hydrogens is 338 g/mol. The summed E-state index contributed by atoms with van der Waals surface area (Å²) >= 11 is 0. The number of nitrogens with one attached hydrogen (secondary N) is 1. The minimum atomic E-state index is -0.380. The second-order valence-electron chi connectivity index (χ2n) is 6.58. The topological polar surface area (TPSA) is 64.0 Å². The molecule has 0 aliphatic heterocycles. The van der Waals surface area contributed by atoms with Crippen LogP contribution >= 0.6 is 0 Å². The largest absolute Gasteiger partial charge is 0.350 e. The van der Waals surface area contributed by atoms with E-state index in [0.29, 0.717) is 17.8 Å². The van der Waals surface area contributed by atoms with Gasteiger partial charge in [0.2, 0.25) is 0 Å². The first kappa shape index (κ1) is 18.6. The van der Waals surface area contributed by atoms with Crippen LogP contribution in [0.15, 0.2) is 65.5 Å². The lowest BCUT2D eigenvalue weighted by Crippen LogP contribution is -2.38. The van der Waals surface area contributed by atoms with E-state index < -0.39 is 0 Å². The zero-order valence-corrected chi connectivity index (χ0v) is 15.8. The van der Waals surface area contributed by atoms with Crippen molar-refractivity contribution in [2.45, 2.75) is 33.4 Å². The van der Waals surface area contributed by atoms with Gasteiger partial charge in [0.15, 0.2) is 0 Å². The van der Waals surface area contributed by atoms with E-state index >= 15 is 0 Å². The normalized spacial score (nSPS) is 10.8. The van der Waals surface area contributed by atoms with Gasteiger partial charge < -0.3 is 5.32 Å². The van der Waals surface area contributed by atoms with E-state index in [9.17, 15) is 9.59 Å². The number of nitrogens with zero attached hydrogens (tertiary/aromatic N) is 2. The summed E-state index contributed by atoms with van der Waals surface area (Å²) in [7, 11) is 0. The Balaban J connectivity index is 2.40. The molecule has 1 amide bonds. The van der Waals surface area contributed by atoms with Gasteiger partial charge in [-0.3, -0.25) is 9.59 Å². The summed E-state index contributed by atoms with van der Waals surface area (Å²) in [5.74, 6) is -0.379.